The van der Waals surface area contributed by atoms with Gasteiger partial charge in [-0.2, -0.15) is 11.8 Å². The van der Waals surface area contributed by atoms with Gasteiger partial charge in [-0.05, 0) is 36.4 Å². The standard InChI is InChI=1S/C12H17NOS/c1-9-12(7-8-15-9)13-10-3-5-11(14-2)6-4-10/h3-6,9,12-13H,7-8H2,1-2H3. The molecule has 0 amide bonds. The van der Waals surface area contributed by atoms with Gasteiger partial charge in [-0.3, -0.25) is 0 Å². The second kappa shape index (κ2) is 4.79. The summed E-state index contributed by atoms with van der Waals surface area (Å²) in [6.07, 6.45) is 1.26. The van der Waals surface area contributed by atoms with Gasteiger partial charge < -0.3 is 10.1 Å². The zero-order chi connectivity index (χ0) is 10.7. The Hall–Kier alpha value is -0.830. The van der Waals surface area contributed by atoms with Gasteiger partial charge in [-0.1, -0.05) is 6.92 Å². The van der Waals surface area contributed by atoms with Crippen LogP contribution in [-0.4, -0.2) is 24.2 Å². The van der Waals surface area contributed by atoms with Crippen LogP contribution >= 0.6 is 11.8 Å². The zero-order valence-electron chi connectivity index (χ0n) is 9.19. The summed E-state index contributed by atoms with van der Waals surface area (Å²) in [5.74, 6) is 2.18. The highest BCUT2D eigenvalue weighted by Crippen LogP contribution is 2.29. The van der Waals surface area contributed by atoms with Crippen molar-refractivity contribution >= 4 is 17.4 Å². The zero-order valence-corrected chi connectivity index (χ0v) is 10.0. The SMILES string of the molecule is COc1ccc(NC2CCSC2C)cc1. The van der Waals surface area contributed by atoms with Crippen LogP contribution in [0.3, 0.4) is 0 Å². The van der Waals surface area contributed by atoms with Crippen LogP contribution in [0.5, 0.6) is 5.75 Å². The average molecular weight is 223 g/mol. The maximum absolute atomic E-state index is 5.13. The van der Waals surface area contributed by atoms with Crippen LogP contribution in [0.25, 0.3) is 0 Å². The van der Waals surface area contributed by atoms with Crippen molar-refractivity contribution in [3.8, 4) is 5.75 Å². The number of benzene rings is 1. The second-order valence-corrected chi connectivity index (χ2v) is 5.33. The summed E-state index contributed by atoms with van der Waals surface area (Å²) >= 11 is 2.05. The first-order valence-corrected chi connectivity index (χ1v) is 6.36. The number of thioether (sulfide) groups is 1. The number of ether oxygens (including phenoxy) is 1. The lowest BCUT2D eigenvalue weighted by molar-refractivity contribution is 0.415. The van der Waals surface area contributed by atoms with Gasteiger partial charge in [0.05, 0.1) is 7.11 Å². The number of hydrogen-bond acceptors (Lipinski definition) is 3. The molecule has 2 rings (SSSR count). The van der Waals surface area contributed by atoms with E-state index in [0.717, 1.165) is 5.75 Å². The lowest BCUT2D eigenvalue weighted by Gasteiger charge is -2.17. The number of methoxy groups -OCH3 is 1. The molecule has 2 nitrogen and oxygen atoms in total. The van der Waals surface area contributed by atoms with Gasteiger partial charge in [-0.25, -0.2) is 0 Å². The van der Waals surface area contributed by atoms with E-state index in [0.29, 0.717) is 11.3 Å². The molecule has 1 saturated heterocycles. The number of rotatable bonds is 3. The average Bonchev–Trinajstić information content (AvgIpc) is 2.66. The predicted octanol–water partition coefficient (Wildman–Crippen LogP) is 3.00. The summed E-state index contributed by atoms with van der Waals surface area (Å²) in [4.78, 5) is 0. The third-order valence-electron chi connectivity index (χ3n) is 2.82. The fraction of sp³-hybridized carbons (Fsp3) is 0.500. The van der Waals surface area contributed by atoms with Gasteiger partial charge >= 0.3 is 0 Å². The monoisotopic (exact) mass is 223 g/mol. The molecule has 2 atom stereocenters. The van der Waals surface area contributed by atoms with Crippen LogP contribution in [-0.2, 0) is 0 Å². The quantitative estimate of drug-likeness (QED) is 0.851. The molecule has 2 unspecified atom stereocenters. The van der Waals surface area contributed by atoms with Gasteiger partial charge in [0, 0.05) is 17.0 Å². The highest BCUT2D eigenvalue weighted by molar-refractivity contribution is 8.00. The Morgan fingerprint density at radius 2 is 2.07 bits per heavy atom. The fourth-order valence-corrected chi connectivity index (χ4v) is 3.02. The van der Waals surface area contributed by atoms with Crippen molar-refractivity contribution in [1.29, 1.82) is 0 Å². The van der Waals surface area contributed by atoms with E-state index < -0.39 is 0 Å². The number of anilines is 1. The third-order valence-corrected chi connectivity index (χ3v) is 4.14. The minimum absolute atomic E-state index is 0.614. The van der Waals surface area contributed by atoms with E-state index in [9.17, 15) is 0 Å². The molecule has 0 aliphatic carbocycles. The lowest BCUT2D eigenvalue weighted by Crippen LogP contribution is -2.24. The smallest absolute Gasteiger partial charge is 0.119 e. The summed E-state index contributed by atoms with van der Waals surface area (Å²) in [5, 5.41) is 4.28. The molecule has 1 aromatic carbocycles. The van der Waals surface area contributed by atoms with Crippen LogP contribution in [0.2, 0.25) is 0 Å². The van der Waals surface area contributed by atoms with Gasteiger partial charge in [0.1, 0.15) is 5.75 Å². The fourth-order valence-electron chi connectivity index (χ4n) is 1.82. The Morgan fingerprint density at radius 1 is 1.33 bits per heavy atom. The molecule has 0 spiro atoms. The van der Waals surface area contributed by atoms with Crippen molar-refractivity contribution in [1.82, 2.24) is 0 Å². The summed E-state index contributed by atoms with van der Waals surface area (Å²) < 4.78 is 5.13. The molecule has 1 aliphatic heterocycles. The van der Waals surface area contributed by atoms with E-state index >= 15 is 0 Å². The molecule has 1 N–H and O–H groups in total. The minimum Gasteiger partial charge on any atom is -0.497 e. The highest BCUT2D eigenvalue weighted by Gasteiger charge is 2.23. The second-order valence-electron chi connectivity index (χ2n) is 3.84. The summed E-state index contributed by atoms with van der Waals surface area (Å²) in [5.41, 5.74) is 1.19. The Bertz CT molecular complexity index is 312. The van der Waals surface area contributed by atoms with E-state index in [-0.39, 0.29) is 0 Å². The highest BCUT2D eigenvalue weighted by atomic mass is 32.2. The van der Waals surface area contributed by atoms with Crippen LogP contribution in [0.15, 0.2) is 24.3 Å². The van der Waals surface area contributed by atoms with E-state index in [1.54, 1.807) is 7.11 Å². The normalized spacial score (nSPS) is 25.2. The molecule has 15 heavy (non-hydrogen) atoms. The van der Waals surface area contributed by atoms with Crippen LogP contribution in [0.1, 0.15) is 13.3 Å². The van der Waals surface area contributed by atoms with Crippen molar-refractivity contribution in [3.63, 3.8) is 0 Å². The molecular weight excluding hydrogens is 206 g/mol. The molecule has 0 radical (unpaired) electrons. The molecule has 1 fully saturated rings. The van der Waals surface area contributed by atoms with Gasteiger partial charge in [-0.15, -0.1) is 0 Å². The van der Waals surface area contributed by atoms with Gasteiger partial charge in [0.15, 0.2) is 0 Å². The summed E-state index contributed by atoms with van der Waals surface area (Å²) in [6.45, 7) is 2.29. The Balaban J connectivity index is 1.98. The molecule has 1 heterocycles. The first kappa shape index (κ1) is 10.7. The van der Waals surface area contributed by atoms with Crippen molar-refractivity contribution in [3.05, 3.63) is 24.3 Å². The first-order chi connectivity index (χ1) is 7.29. The lowest BCUT2D eigenvalue weighted by atomic mass is 10.1. The topological polar surface area (TPSA) is 21.3 Å². The minimum atomic E-state index is 0.614. The maximum atomic E-state index is 5.13. The van der Waals surface area contributed by atoms with E-state index in [1.807, 2.05) is 23.9 Å². The molecule has 3 heteroatoms. The third kappa shape index (κ3) is 2.59. The van der Waals surface area contributed by atoms with Crippen LogP contribution in [0, 0.1) is 0 Å². The Kier molecular flexibility index (Phi) is 3.41. The number of nitrogens with one attached hydrogen (secondary N) is 1. The van der Waals surface area contributed by atoms with E-state index in [4.69, 9.17) is 4.74 Å². The maximum Gasteiger partial charge on any atom is 0.119 e. The van der Waals surface area contributed by atoms with Crippen molar-refractivity contribution in [2.45, 2.75) is 24.6 Å². The Labute approximate surface area is 95.4 Å². The molecule has 0 bridgehead atoms. The first-order valence-electron chi connectivity index (χ1n) is 5.32. The molecule has 82 valence electrons. The molecule has 1 aliphatic rings. The number of hydrogen-bond donors (Lipinski definition) is 1. The van der Waals surface area contributed by atoms with Crippen molar-refractivity contribution in [2.24, 2.45) is 0 Å². The predicted molar refractivity (Wildman–Crippen MR) is 66.9 cm³/mol. The molecule has 0 saturated carbocycles. The molecule has 1 aromatic rings. The van der Waals surface area contributed by atoms with E-state index in [2.05, 4.69) is 24.4 Å². The van der Waals surface area contributed by atoms with Crippen LogP contribution < -0.4 is 10.1 Å². The van der Waals surface area contributed by atoms with Gasteiger partial charge in [0.2, 0.25) is 0 Å². The summed E-state index contributed by atoms with van der Waals surface area (Å²) in [7, 11) is 1.69. The van der Waals surface area contributed by atoms with Crippen LogP contribution in [0.4, 0.5) is 5.69 Å². The largest absolute Gasteiger partial charge is 0.497 e. The molecule has 0 aromatic heterocycles. The van der Waals surface area contributed by atoms with Crippen molar-refractivity contribution < 1.29 is 4.74 Å². The van der Waals surface area contributed by atoms with E-state index in [1.165, 1.54) is 17.9 Å². The van der Waals surface area contributed by atoms with Gasteiger partial charge in [0.25, 0.3) is 0 Å². The Morgan fingerprint density at radius 3 is 2.60 bits per heavy atom. The molecular formula is C12H17NOS. The summed E-state index contributed by atoms with van der Waals surface area (Å²) in [6, 6.07) is 8.76. The van der Waals surface area contributed by atoms with Crippen molar-refractivity contribution in [2.75, 3.05) is 18.2 Å².